The summed E-state index contributed by atoms with van der Waals surface area (Å²) in [7, 11) is 0. The van der Waals surface area contributed by atoms with Crippen LogP contribution in [0.1, 0.15) is 25.3 Å². The van der Waals surface area contributed by atoms with Crippen LogP contribution in [-0.2, 0) is 5.75 Å². The van der Waals surface area contributed by atoms with E-state index >= 15 is 0 Å². The molecule has 2 amide bonds. The highest BCUT2D eigenvalue weighted by Crippen LogP contribution is 2.19. The Morgan fingerprint density at radius 2 is 1.96 bits per heavy atom. The van der Waals surface area contributed by atoms with E-state index in [1.807, 2.05) is 17.0 Å². The molecule has 7 heteroatoms. The first-order valence-electron chi connectivity index (χ1n) is 8.36. The summed E-state index contributed by atoms with van der Waals surface area (Å²) >= 11 is 1.31. The van der Waals surface area contributed by atoms with Crippen LogP contribution < -0.4 is 15.4 Å². The monoisotopic (exact) mass is 351 g/mol. The van der Waals surface area contributed by atoms with Gasteiger partial charge in [0.15, 0.2) is 0 Å². The predicted octanol–water partition coefficient (Wildman–Crippen LogP) is 2.83. The van der Waals surface area contributed by atoms with E-state index in [-0.39, 0.29) is 5.24 Å². The molecule has 0 aliphatic carbocycles. The number of ether oxygens (including phenoxy) is 1. The normalized spacial score (nSPS) is 14.3. The Labute approximate surface area is 147 Å². The van der Waals surface area contributed by atoms with Crippen LogP contribution in [0.15, 0.2) is 24.3 Å². The lowest BCUT2D eigenvalue weighted by molar-refractivity contribution is 0.200. The molecule has 0 spiro atoms. The van der Waals surface area contributed by atoms with E-state index in [2.05, 4.69) is 17.6 Å². The Morgan fingerprint density at radius 1 is 1.25 bits per heavy atom. The number of piperazine rings is 1. The van der Waals surface area contributed by atoms with Crippen molar-refractivity contribution in [2.24, 2.45) is 0 Å². The van der Waals surface area contributed by atoms with Crippen molar-refractivity contribution < 1.29 is 14.3 Å². The summed E-state index contributed by atoms with van der Waals surface area (Å²) in [5.74, 6) is 1.12. The Balaban J connectivity index is 1.73. The number of thioether (sulfide) groups is 1. The van der Waals surface area contributed by atoms with Crippen LogP contribution in [0.5, 0.6) is 5.75 Å². The van der Waals surface area contributed by atoms with E-state index in [1.54, 1.807) is 12.1 Å². The SMILES string of the molecule is CCCCNC(=O)Oc1ccc(CSC(=O)N2CCNCC2)cc1. The summed E-state index contributed by atoms with van der Waals surface area (Å²) in [5.41, 5.74) is 1.03. The fraction of sp³-hybridized carbons (Fsp3) is 0.529. The van der Waals surface area contributed by atoms with Crippen molar-refractivity contribution in [2.75, 3.05) is 32.7 Å². The minimum atomic E-state index is -0.431. The zero-order chi connectivity index (χ0) is 17.2. The third-order valence-corrected chi connectivity index (χ3v) is 4.65. The molecule has 0 unspecified atom stereocenters. The summed E-state index contributed by atoms with van der Waals surface area (Å²) < 4.78 is 5.20. The van der Waals surface area contributed by atoms with E-state index in [1.165, 1.54) is 11.8 Å². The van der Waals surface area contributed by atoms with Crippen LogP contribution in [-0.4, -0.2) is 49.0 Å². The van der Waals surface area contributed by atoms with Crippen LogP contribution in [0.25, 0.3) is 0 Å². The van der Waals surface area contributed by atoms with Gasteiger partial charge in [-0.1, -0.05) is 37.2 Å². The number of carbonyl (C=O) groups excluding carboxylic acids is 2. The van der Waals surface area contributed by atoms with Crippen LogP contribution in [0.2, 0.25) is 0 Å². The fourth-order valence-electron chi connectivity index (χ4n) is 2.25. The van der Waals surface area contributed by atoms with E-state index < -0.39 is 6.09 Å². The molecule has 1 heterocycles. The zero-order valence-electron chi connectivity index (χ0n) is 14.0. The van der Waals surface area contributed by atoms with Gasteiger partial charge >= 0.3 is 6.09 Å². The Kier molecular flexibility index (Phi) is 7.91. The highest BCUT2D eigenvalue weighted by molar-refractivity contribution is 8.12. The quantitative estimate of drug-likeness (QED) is 0.771. The standard InChI is InChI=1S/C17H25N3O3S/c1-2-3-8-19-16(21)23-15-6-4-14(5-7-15)13-24-17(22)20-11-9-18-10-12-20/h4-7,18H,2-3,8-13H2,1H3,(H,19,21). The van der Waals surface area contributed by atoms with Gasteiger partial charge in [0, 0.05) is 38.5 Å². The van der Waals surface area contributed by atoms with Gasteiger partial charge in [-0.05, 0) is 24.1 Å². The lowest BCUT2D eigenvalue weighted by atomic mass is 10.2. The third-order valence-electron chi connectivity index (χ3n) is 3.67. The number of rotatable bonds is 6. The van der Waals surface area contributed by atoms with Crippen LogP contribution >= 0.6 is 11.8 Å². The summed E-state index contributed by atoms with van der Waals surface area (Å²) in [6, 6.07) is 7.27. The first kappa shape index (κ1) is 18.6. The van der Waals surface area contributed by atoms with Crippen LogP contribution in [0.3, 0.4) is 0 Å². The highest BCUT2D eigenvalue weighted by atomic mass is 32.2. The van der Waals surface area contributed by atoms with Crippen LogP contribution in [0, 0.1) is 0 Å². The largest absolute Gasteiger partial charge is 0.412 e. The number of nitrogens with one attached hydrogen (secondary N) is 2. The lowest BCUT2D eigenvalue weighted by Gasteiger charge is -2.26. The number of unbranched alkanes of at least 4 members (excludes halogenated alkanes) is 1. The van der Waals surface area contributed by atoms with Crippen molar-refractivity contribution in [3.8, 4) is 5.75 Å². The molecule has 2 N–H and O–H groups in total. The Hall–Kier alpha value is -1.73. The topological polar surface area (TPSA) is 70.7 Å². The second-order valence-electron chi connectivity index (χ2n) is 5.61. The molecule has 1 aliphatic heterocycles. The number of hydrogen-bond donors (Lipinski definition) is 2. The number of amides is 2. The molecule has 6 nitrogen and oxygen atoms in total. The molecule has 2 rings (SSSR count). The molecular weight excluding hydrogens is 326 g/mol. The first-order valence-corrected chi connectivity index (χ1v) is 9.34. The molecule has 1 aliphatic rings. The van der Waals surface area contributed by atoms with Crippen molar-refractivity contribution in [2.45, 2.75) is 25.5 Å². The molecule has 0 radical (unpaired) electrons. The second-order valence-corrected chi connectivity index (χ2v) is 6.53. The van der Waals surface area contributed by atoms with Gasteiger partial charge in [-0.3, -0.25) is 4.79 Å². The fourth-order valence-corrected chi connectivity index (χ4v) is 3.10. The van der Waals surface area contributed by atoms with E-state index in [9.17, 15) is 9.59 Å². The first-order chi connectivity index (χ1) is 11.7. The summed E-state index contributed by atoms with van der Waals surface area (Å²) in [6.45, 7) is 5.95. The third kappa shape index (κ3) is 6.41. The predicted molar refractivity (Wildman–Crippen MR) is 96.5 cm³/mol. The average molecular weight is 351 g/mol. The van der Waals surface area contributed by atoms with Gasteiger partial charge in [0.2, 0.25) is 0 Å². The Morgan fingerprint density at radius 3 is 2.62 bits per heavy atom. The molecule has 1 fully saturated rings. The summed E-state index contributed by atoms with van der Waals surface area (Å²) in [6.07, 6.45) is 1.53. The molecule has 24 heavy (non-hydrogen) atoms. The van der Waals surface area contributed by atoms with Gasteiger partial charge in [-0.15, -0.1) is 0 Å². The van der Waals surface area contributed by atoms with Crippen LogP contribution in [0.4, 0.5) is 9.59 Å². The highest BCUT2D eigenvalue weighted by Gasteiger charge is 2.16. The number of hydrogen-bond acceptors (Lipinski definition) is 5. The molecule has 1 saturated heterocycles. The molecule has 0 atom stereocenters. The minimum Gasteiger partial charge on any atom is -0.410 e. The summed E-state index contributed by atoms with van der Waals surface area (Å²) in [4.78, 5) is 25.5. The molecule has 132 valence electrons. The molecule has 1 aromatic rings. The number of carbonyl (C=O) groups is 2. The molecule has 0 bridgehead atoms. The maximum atomic E-state index is 12.1. The van der Waals surface area contributed by atoms with Gasteiger partial charge in [-0.2, -0.15) is 0 Å². The van der Waals surface area contributed by atoms with E-state index in [0.717, 1.165) is 44.6 Å². The summed E-state index contributed by atoms with van der Waals surface area (Å²) in [5, 5.41) is 6.05. The van der Waals surface area contributed by atoms with Gasteiger partial charge in [-0.25, -0.2) is 4.79 Å². The van der Waals surface area contributed by atoms with Crippen molar-refractivity contribution in [1.82, 2.24) is 15.5 Å². The van der Waals surface area contributed by atoms with E-state index in [4.69, 9.17) is 4.74 Å². The number of benzene rings is 1. The molecular formula is C17H25N3O3S. The maximum Gasteiger partial charge on any atom is 0.412 e. The average Bonchev–Trinajstić information content (AvgIpc) is 2.62. The van der Waals surface area contributed by atoms with E-state index in [0.29, 0.717) is 18.0 Å². The van der Waals surface area contributed by atoms with Gasteiger partial charge in [0.1, 0.15) is 5.75 Å². The lowest BCUT2D eigenvalue weighted by Crippen LogP contribution is -2.45. The maximum absolute atomic E-state index is 12.1. The van der Waals surface area contributed by atoms with Gasteiger partial charge in [0.25, 0.3) is 5.24 Å². The smallest absolute Gasteiger partial charge is 0.410 e. The van der Waals surface area contributed by atoms with Crippen molar-refractivity contribution >= 4 is 23.1 Å². The minimum absolute atomic E-state index is 0.118. The molecule has 0 saturated carbocycles. The van der Waals surface area contributed by atoms with Crippen molar-refractivity contribution in [3.05, 3.63) is 29.8 Å². The molecule has 0 aromatic heterocycles. The van der Waals surface area contributed by atoms with Gasteiger partial charge < -0.3 is 20.3 Å². The zero-order valence-corrected chi connectivity index (χ0v) is 14.9. The second kappa shape index (κ2) is 10.2. The number of nitrogens with zero attached hydrogens (tertiary/aromatic N) is 1. The van der Waals surface area contributed by atoms with Gasteiger partial charge in [0.05, 0.1) is 0 Å². The van der Waals surface area contributed by atoms with Crippen molar-refractivity contribution in [1.29, 1.82) is 0 Å². The Bertz CT molecular complexity index is 530. The van der Waals surface area contributed by atoms with Crippen molar-refractivity contribution in [3.63, 3.8) is 0 Å². The molecule has 1 aromatic carbocycles.